The van der Waals surface area contributed by atoms with Crippen LogP contribution in [-0.4, -0.2) is 53.5 Å². The monoisotopic (exact) mass is 324 g/mol. The number of benzene rings is 1. The number of rotatable bonds is 5. The zero-order chi connectivity index (χ0) is 16.8. The maximum absolute atomic E-state index is 9.34. The molecule has 0 bridgehead atoms. The number of nitrogens with zero attached hydrogens (tertiary/aromatic N) is 4. The highest BCUT2D eigenvalue weighted by atomic mass is 16.4. The van der Waals surface area contributed by atoms with Crippen LogP contribution in [0, 0.1) is 6.92 Å². The summed E-state index contributed by atoms with van der Waals surface area (Å²) in [6, 6.07) is 14.2. The molecule has 0 saturated carbocycles. The maximum Gasteiger partial charge on any atom is 0.128 e. The van der Waals surface area contributed by atoms with Crippen molar-refractivity contribution in [3.63, 3.8) is 0 Å². The van der Waals surface area contributed by atoms with E-state index in [-0.39, 0.29) is 0 Å². The number of aromatic nitrogens is 1. The Labute approximate surface area is 143 Å². The van der Waals surface area contributed by atoms with E-state index < -0.39 is 0 Å². The second-order valence-corrected chi connectivity index (χ2v) is 6.18. The molecule has 0 unspecified atom stereocenters. The number of hydrogen-bond acceptors (Lipinski definition) is 5. The van der Waals surface area contributed by atoms with Gasteiger partial charge in [0.25, 0.3) is 0 Å². The van der Waals surface area contributed by atoms with Gasteiger partial charge in [0, 0.05) is 45.3 Å². The lowest BCUT2D eigenvalue weighted by atomic mass is 10.0. The Morgan fingerprint density at radius 3 is 2.62 bits per heavy atom. The molecular formula is C19H24N4O. The van der Waals surface area contributed by atoms with Gasteiger partial charge >= 0.3 is 0 Å². The molecule has 126 valence electrons. The van der Waals surface area contributed by atoms with Gasteiger partial charge in [0.2, 0.25) is 0 Å². The summed E-state index contributed by atoms with van der Waals surface area (Å²) in [5, 5.41) is 12.9. The second kappa shape index (κ2) is 7.93. The third-order valence-electron chi connectivity index (χ3n) is 4.48. The Morgan fingerprint density at radius 2 is 1.96 bits per heavy atom. The summed E-state index contributed by atoms with van der Waals surface area (Å²) in [5.74, 6) is 1.05. The average Bonchev–Trinajstić information content (AvgIpc) is 2.64. The van der Waals surface area contributed by atoms with E-state index in [4.69, 9.17) is 0 Å². The number of pyridine rings is 1. The molecule has 2 heterocycles. The van der Waals surface area contributed by atoms with Crippen LogP contribution in [0.3, 0.4) is 0 Å². The highest BCUT2D eigenvalue weighted by molar-refractivity contribution is 6.00. The predicted molar refractivity (Wildman–Crippen MR) is 97.0 cm³/mol. The molecule has 0 spiro atoms. The Hall–Kier alpha value is -2.40. The van der Waals surface area contributed by atoms with E-state index in [2.05, 4.69) is 45.1 Å². The highest BCUT2D eigenvalue weighted by Gasteiger charge is 2.18. The fourth-order valence-electron chi connectivity index (χ4n) is 3.08. The van der Waals surface area contributed by atoms with Gasteiger partial charge in [0.15, 0.2) is 0 Å². The minimum Gasteiger partial charge on any atom is -0.411 e. The normalized spacial score (nSPS) is 16.4. The molecule has 5 nitrogen and oxygen atoms in total. The van der Waals surface area contributed by atoms with Crippen molar-refractivity contribution in [2.75, 3.05) is 37.6 Å². The fourth-order valence-corrected chi connectivity index (χ4v) is 3.08. The Balaban J connectivity index is 1.51. The smallest absolute Gasteiger partial charge is 0.128 e. The van der Waals surface area contributed by atoms with Crippen molar-refractivity contribution < 1.29 is 5.21 Å². The first kappa shape index (κ1) is 16.5. The number of hydrogen-bond donors (Lipinski definition) is 1. The summed E-state index contributed by atoms with van der Waals surface area (Å²) in [4.78, 5) is 9.15. The van der Waals surface area contributed by atoms with Crippen molar-refractivity contribution in [3.8, 4) is 0 Å². The van der Waals surface area contributed by atoms with Crippen molar-refractivity contribution in [2.45, 2.75) is 13.3 Å². The number of oxime groups is 1. The van der Waals surface area contributed by atoms with Crippen LogP contribution >= 0.6 is 0 Å². The molecule has 0 atom stereocenters. The summed E-state index contributed by atoms with van der Waals surface area (Å²) in [7, 11) is 0. The summed E-state index contributed by atoms with van der Waals surface area (Å²) in [6.07, 6.45) is 2.59. The molecule has 0 radical (unpaired) electrons. The number of aryl methyl sites for hydroxylation is 1. The topological polar surface area (TPSA) is 52.0 Å². The zero-order valence-electron chi connectivity index (χ0n) is 14.1. The number of piperazine rings is 1. The van der Waals surface area contributed by atoms with E-state index in [1.165, 1.54) is 5.56 Å². The average molecular weight is 324 g/mol. The van der Waals surface area contributed by atoms with Gasteiger partial charge in [-0.05, 0) is 24.6 Å². The van der Waals surface area contributed by atoms with Crippen molar-refractivity contribution >= 4 is 11.5 Å². The van der Waals surface area contributed by atoms with Gasteiger partial charge in [-0.3, -0.25) is 4.90 Å². The molecule has 1 fully saturated rings. The molecule has 5 heteroatoms. The van der Waals surface area contributed by atoms with Crippen LogP contribution in [0.1, 0.15) is 17.5 Å². The summed E-state index contributed by atoms with van der Waals surface area (Å²) in [5.41, 5.74) is 2.94. The van der Waals surface area contributed by atoms with Crippen molar-refractivity contribution in [1.29, 1.82) is 0 Å². The Bertz CT molecular complexity index is 679. The van der Waals surface area contributed by atoms with Crippen molar-refractivity contribution in [2.24, 2.45) is 5.16 Å². The summed E-state index contributed by atoms with van der Waals surface area (Å²) in [6.45, 7) is 6.92. The SMILES string of the molecule is Cc1cccc(/C(CCN2CCN(c3ccccn3)CC2)=N/O)c1. The maximum atomic E-state index is 9.34. The largest absolute Gasteiger partial charge is 0.411 e. The van der Waals surface area contributed by atoms with Gasteiger partial charge in [-0.15, -0.1) is 0 Å². The molecule has 1 aromatic carbocycles. The molecule has 24 heavy (non-hydrogen) atoms. The molecule has 0 aliphatic carbocycles. The van der Waals surface area contributed by atoms with Gasteiger partial charge in [-0.2, -0.15) is 0 Å². The van der Waals surface area contributed by atoms with Crippen LogP contribution in [0.5, 0.6) is 0 Å². The molecule has 1 aliphatic heterocycles. The molecular weight excluding hydrogens is 300 g/mol. The second-order valence-electron chi connectivity index (χ2n) is 6.18. The third-order valence-corrected chi connectivity index (χ3v) is 4.48. The first-order valence-corrected chi connectivity index (χ1v) is 8.42. The molecule has 1 aromatic heterocycles. The van der Waals surface area contributed by atoms with E-state index in [0.29, 0.717) is 0 Å². The van der Waals surface area contributed by atoms with Gasteiger partial charge in [0.05, 0.1) is 5.71 Å². The minimum absolute atomic E-state index is 0.754. The molecule has 0 amide bonds. The van der Waals surface area contributed by atoms with Crippen LogP contribution in [0.25, 0.3) is 0 Å². The third kappa shape index (κ3) is 4.11. The minimum atomic E-state index is 0.754. The highest BCUT2D eigenvalue weighted by Crippen LogP contribution is 2.14. The van der Waals surface area contributed by atoms with E-state index in [1.54, 1.807) is 0 Å². The van der Waals surface area contributed by atoms with Gasteiger partial charge in [-0.1, -0.05) is 41.1 Å². The standard InChI is InChI=1S/C19H24N4O/c1-16-5-4-6-17(15-16)18(21-24)8-10-22-11-13-23(14-12-22)19-7-2-3-9-20-19/h2-7,9,15,24H,8,10-14H2,1H3/b21-18+. The summed E-state index contributed by atoms with van der Waals surface area (Å²) < 4.78 is 0. The molecule has 1 saturated heterocycles. The van der Waals surface area contributed by atoms with Crippen LogP contribution < -0.4 is 4.90 Å². The van der Waals surface area contributed by atoms with Crippen LogP contribution in [0.2, 0.25) is 0 Å². The van der Waals surface area contributed by atoms with E-state index in [0.717, 1.165) is 56.2 Å². The van der Waals surface area contributed by atoms with Crippen molar-refractivity contribution in [3.05, 3.63) is 59.8 Å². The van der Waals surface area contributed by atoms with Crippen LogP contribution in [0.15, 0.2) is 53.8 Å². The predicted octanol–water partition coefficient (Wildman–Crippen LogP) is 2.78. The van der Waals surface area contributed by atoms with Crippen LogP contribution in [0.4, 0.5) is 5.82 Å². The first-order valence-electron chi connectivity index (χ1n) is 8.42. The zero-order valence-corrected chi connectivity index (χ0v) is 14.1. The van der Waals surface area contributed by atoms with Crippen molar-refractivity contribution in [1.82, 2.24) is 9.88 Å². The van der Waals surface area contributed by atoms with E-state index in [9.17, 15) is 5.21 Å². The van der Waals surface area contributed by atoms with Gasteiger partial charge < -0.3 is 10.1 Å². The number of anilines is 1. The Morgan fingerprint density at radius 1 is 1.12 bits per heavy atom. The van der Waals surface area contributed by atoms with E-state index >= 15 is 0 Å². The Kier molecular flexibility index (Phi) is 5.43. The molecule has 1 N–H and O–H groups in total. The van der Waals surface area contributed by atoms with E-state index in [1.807, 2.05) is 30.5 Å². The lowest BCUT2D eigenvalue weighted by molar-refractivity contribution is 0.262. The fraction of sp³-hybridized carbons (Fsp3) is 0.368. The summed E-state index contributed by atoms with van der Waals surface area (Å²) >= 11 is 0. The van der Waals surface area contributed by atoms with Gasteiger partial charge in [-0.25, -0.2) is 4.98 Å². The lowest BCUT2D eigenvalue weighted by Crippen LogP contribution is -2.47. The van der Waals surface area contributed by atoms with Crippen LogP contribution in [-0.2, 0) is 0 Å². The molecule has 1 aliphatic rings. The lowest BCUT2D eigenvalue weighted by Gasteiger charge is -2.35. The van der Waals surface area contributed by atoms with Gasteiger partial charge in [0.1, 0.15) is 5.82 Å². The molecule has 2 aromatic rings. The first-order chi connectivity index (χ1) is 11.8. The quantitative estimate of drug-likeness (QED) is 0.522. The molecule has 3 rings (SSSR count).